The van der Waals surface area contributed by atoms with Crippen LogP contribution in [0.4, 0.5) is 0 Å². The average molecular weight is 155 g/mol. The number of amidine groups is 1. The van der Waals surface area contributed by atoms with Gasteiger partial charge in [0.2, 0.25) is 0 Å². The summed E-state index contributed by atoms with van der Waals surface area (Å²) in [6.45, 7) is 4.12. The Kier molecular flexibility index (Phi) is 2.88. The zero-order valence-corrected chi connectivity index (χ0v) is 7.38. The molecule has 3 nitrogen and oxygen atoms in total. The lowest BCUT2D eigenvalue weighted by atomic mass is 10.1. The first-order valence-corrected chi connectivity index (χ1v) is 4.24. The molecule has 0 saturated carbocycles. The van der Waals surface area contributed by atoms with Crippen molar-refractivity contribution in [2.45, 2.75) is 25.8 Å². The van der Waals surface area contributed by atoms with Crippen LogP contribution in [0.3, 0.4) is 0 Å². The summed E-state index contributed by atoms with van der Waals surface area (Å²) in [5, 5.41) is 0. The van der Waals surface area contributed by atoms with Crippen molar-refractivity contribution in [2.75, 3.05) is 20.1 Å². The second-order valence-corrected chi connectivity index (χ2v) is 3.09. The highest BCUT2D eigenvalue weighted by atomic mass is 15.2. The van der Waals surface area contributed by atoms with Gasteiger partial charge in [-0.2, -0.15) is 0 Å². The van der Waals surface area contributed by atoms with Gasteiger partial charge < -0.3 is 10.6 Å². The third-order valence-electron chi connectivity index (χ3n) is 2.14. The van der Waals surface area contributed by atoms with Crippen molar-refractivity contribution in [3.63, 3.8) is 0 Å². The maximum atomic E-state index is 5.81. The minimum atomic E-state index is 0.286. The highest BCUT2D eigenvalue weighted by Crippen LogP contribution is 2.05. The van der Waals surface area contributed by atoms with Crippen LogP contribution in [-0.2, 0) is 0 Å². The molecular weight excluding hydrogens is 138 g/mol. The molecule has 64 valence electrons. The summed E-state index contributed by atoms with van der Waals surface area (Å²) in [7, 11) is 2.08. The Morgan fingerprint density at radius 1 is 1.73 bits per heavy atom. The van der Waals surface area contributed by atoms with Crippen LogP contribution in [-0.4, -0.2) is 36.9 Å². The van der Waals surface area contributed by atoms with Gasteiger partial charge >= 0.3 is 0 Å². The van der Waals surface area contributed by atoms with E-state index in [0.29, 0.717) is 0 Å². The Morgan fingerprint density at radius 2 is 2.45 bits per heavy atom. The zero-order valence-electron chi connectivity index (χ0n) is 7.38. The second kappa shape index (κ2) is 3.72. The molecule has 0 aromatic heterocycles. The normalized spacial score (nSPS) is 20.3. The highest BCUT2D eigenvalue weighted by molar-refractivity contribution is 5.83. The van der Waals surface area contributed by atoms with Crippen molar-refractivity contribution in [2.24, 2.45) is 10.7 Å². The third-order valence-corrected chi connectivity index (χ3v) is 2.14. The molecule has 3 heteroatoms. The summed E-state index contributed by atoms with van der Waals surface area (Å²) in [5.41, 5.74) is 5.81. The molecule has 2 N–H and O–H groups in total. The quantitative estimate of drug-likeness (QED) is 0.643. The summed E-state index contributed by atoms with van der Waals surface area (Å²) >= 11 is 0. The molecule has 0 bridgehead atoms. The fourth-order valence-electron chi connectivity index (χ4n) is 1.18. The van der Waals surface area contributed by atoms with Crippen molar-refractivity contribution >= 4 is 5.84 Å². The van der Waals surface area contributed by atoms with E-state index >= 15 is 0 Å². The first-order valence-electron chi connectivity index (χ1n) is 4.24. The highest BCUT2D eigenvalue weighted by Gasteiger charge is 2.14. The molecule has 1 aliphatic heterocycles. The Balaban J connectivity index is 2.36. The molecule has 0 spiro atoms. The SMILES string of the molecule is CCC(N)CC1=NCCN1C. The molecule has 1 unspecified atom stereocenters. The van der Waals surface area contributed by atoms with Crippen molar-refractivity contribution in [3.8, 4) is 0 Å². The number of likely N-dealkylation sites (N-methyl/N-ethyl adjacent to an activating group) is 1. The van der Waals surface area contributed by atoms with Crippen LogP contribution in [0, 0.1) is 0 Å². The lowest BCUT2D eigenvalue weighted by Crippen LogP contribution is -2.30. The molecule has 1 atom stereocenters. The first kappa shape index (κ1) is 8.53. The van der Waals surface area contributed by atoms with Gasteiger partial charge in [-0.1, -0.05) is 6.92 Å². The summed E-state index contributed by atoms with van der Waals surface area (Å²) < 4.78 is 0. The van der Waals surface area contributed by atoms with E-state index in [4.69, 9.17) is 5.73 Å². The summed E-state index contributed by atoms with van der Waals surface area (Å²) in [6.07, 6.45) is 1.97. The van der Waals surface area contributed by atoms with Crippen LogP contribution in [0.2, 0.25) is 0 Å². The second-order valence-electron chi connectivity index (χ2n) is 3.09. The Labute approximate surface area is 68.3 Å². The number of aliphatic imine (C=N–C) groups is 1. The summed E-state index contributed by atoms with van der Waals surface area (Å²) in [4.78, 5) is 6.56. The fraction of sp³-hybridized carbons (Fsp3) is 0.875. The van der Waals surface area contributed by atoms with Gasteiger partial charge in [0.1, 0.15) is 5.84 Å². The Hall–Kier alpha value is -0.570. The van der Waals surface area contributed by atoms with Crippen LogP contribution < -0.4 is 5.73 Å². The van der Waals surface area contributed by atoms with Gasteiger partial charge in [-0.05, 0) is 6.42 Å². The van der Waals surface area contributed by atoms with Crippen molar-refractivity contribution < 1.29 is 0 Å². The molecule has 0 radical (unpaired) electrons. The van der Waals surface area contributed by atoms with Crippen LogP contribution in [0.15, 0.2) is 4.99 Å². The van der Waals surface area contributed by atoms with Gasteiger partial charge in [0, 0.05) is 26.1 Å². The molecule has 1 rings (SSSR count). The van der Waals surface area contributed by atoms with E-state index in [1.165, 1.54) is 5.84 Å². The maximum Gasteiger partial charge on any atom is 0.100 e. The number of hydrogen-bond donors (Lipinski definition) is 1. The molecule has 11 heavy (non-hydrogen) atoms. The molecule has 0 fully saturated rings. The van der Waals surface area contributed by atoms with Gasteiger partial charge in [-0.3, -0.25) is 4.99 Å². The molecular formula is C8H17N3. The lowest BCUT2D eigenvalue weighted by molar-refractivity contribution is 0.530. The lowest BCUT2D eigenvalue weighted by Gasteiger charge is -2.16. The molecule has 0 aliphatic carbocycles. The van der Waals surface area contributed by atoms with Gasteiger partial charge in [-0.15, -0.1) is 0 Å². The average Bonchev–Trinajstić information content (AvgIpc) is 2.37. The molecule has 0 aromatic rings. The summed E-state index contributed by atoms with van der Waals surface area (Å²) in [6, 6.07) is 0.286. The Bertz CT molecular complexity index is 153. The molecule has 0 amide bonds. The monoisotopic (exact) mass is 155 g/mol. The van der Waals surface area contributed by atoms with E-state index in [9.17, 15) is 0 Å². The van der Waals surface area contributed by atoms with Gasteiger partial charge in [0.25, 0.3) is 0 Å². The number of nitrogens with two attached hydrogens (primary N) is 1. The summed E-state index contributed by atoms with van der Waals surface area (Å²) in [5.74, 6) is 1.18. The van der Waals surface area contributed by atoms with Crippen molar-refractivity contribution in [1.29, 1.82) is 0 Å². The molecule has 1 heterocycles. The number of nitrogens with zero attached hydrogens (tertiary/aromatic N) is 2. The minimum Gasteiger partial charge on any atom is -0.362 e. The smallest absolute Gasteiger partial charge is 0.100 e. The van der Waals surface area contributed by atoms with E-state index in [2.05, 4.69) is 23.9 Å². The third kappa shape index (κ3) is 2.19. The van der Waals surface area contributed by atoms with Gasteiger partial charge in [0.15, 0.2) is 0 Å². The van der Waals surface area contributed by atoms with E-state index in [1.807, 2.05) is 0 Å². The number of hydrogen-bond acceptors (Lipinski definition) is 3. The van der Waals surface area contributed by atoms with E-state index in [0.717, 1.165) is 25.9 Å². The predicted octanol–water partition coefficient (Wildman–Crippen LogP) is 0.458. The van der Waals surface area contributed by atoms with Gasteiger partial charge in [-0.25, -0.2) is 0 Å². The van der Waals surface area contributed by atoms with E-state index in [-0.39, 0.29) is 6.04 Å². The zero-order chi connectivity index (χ0) is 8.27. The fourth-order valence-corrected chi connectivity index (χ4v) is 1.18. The molecule has 1 aliphatic rings. The molecule has 0 aromatic carbocycles. The van der Waals surface area contributed by atoms with Gasteiger partial charge in [0.05, 0.1) is 6.54 Å². The van der Waals surface area contributed by atoms with Crippen molar-refractivity contribution in [1.82, 2.24) is 4.90 Å². The van der Waals surface area contributed by atoms with Crippen LogP contribution in [0.1, 0.15) is 19.8 Å². The molecule has 0 saturated heterocycles. The van der Waals surface area contributed by atoms with Crippen LogP contribution in [0.25, 0.3) is 0 Å². The first-order chi connectivity index (χ1) is 5.24. The minimum absolute atomic E-state index is 0.286. The standard InChI is InChI=1S/C8H17N3/c1-3-7(9)6-8-10-4-5-11(8)2/h7H,3-6,9H2,1-2H3. The predicted molar refractivity (Wildman–Crippen MR) is 47.8 cm³/mol. The van der Waals surface area contributed by atoms with E-state index in [1.54, 1.807) is 0 Å². The van der Waals surface area contributed by atoms with Crippen LogP contribution in [0.5, 0.6) is 0 Å². The van der Waals surface area contributed by atoms with Crippen molar-refractivity contribution in [3.05, 3.63) is 0 Å². The number of rotatable bonds is 3. The topological polar surface area (TPSA) is 41.6 Å². The largest absolute Gasteiger partial charge is 0.362 e. The van der Waals surface area contributed by atoms with Crippen LogP contribution >= 0.6 is 0 Å². The Morgan fingerprint density at radius 3 is 2.91 bits per heavy atom. The van der Waals surface area contributed by atoms with E-state index < -0.39 is 0 Å². The maximum absolute atomic E-state index is 5.81.